The zero-order valence-corrected chi connectivity index (χ0v) is 18.8. The molecule has 0 aliphatic carbocycles. The lowest BCUT2D eigenvalue weighted by atomic mass is 10.1. The van der Waals surface area contributed by atoms with Crippen molar-refractivity contribution in [1.29, 1.82) is 0 Å². The predicted octanol–water partition coefficient (Wildman–Crippen LogP) is 4.58. The monoisotopic (exact) mass is 440 g/mol. The van der Waals surface area contributed by atoms with Gasteiger partial charge in [0.15, 0.2) is 0 Å². The fourth-order valence-corrected chi connectivity index (χ4v) is 4.30. The topological polar surface area (TPSA) is 53.8 Å². The summed E-state index contributed by atoms with van der Waals surface area (Å²) in [6.45, 7) is 4.70. The average molecular weight is 441 g/mol. The first-order valence-electron chi connectivity index (χ1n) is 11.2. The molecule has 0 radical (unpaired) electrons. The second kappa shape index (κ2) is 9.38. The lowest BCUT2D eigenvalue weighted by Gasteiger charge is -2.36. The van der Waals surface area contributed by atoms with E-state index in [1.165, 1.54) is 5.56 Å². The van der Waals surface area contributed by atoms with Crippen LogP contribution in [-0.4, -0.2) is 53.1 Å². The van der Waals surface area contributed by atoms with Crippen molar-refractivity contribution < 1.29 is 9.84 Å². The second-order valence-electron chi connectivity index (χ2n) is 8.29. The molecule has 1 aliphatic heterocycles. The largest absolute Gasteiger partial charge is 0.508 e. The van der Waals surface area contributed by atoms with Gasteiger partial charge in [0, 0.05) is 55.7 Å². The van der Waals surface area contributed by atoms with E-state index in [9.17, 15) is 5.11 Å². The number of ether oxygens (including phenoxy) is 1. The van der Waals surface area contributed by atoms with Crippen molar-refractivity contribution in [3.05, 3.63) is 90.6 Å². The third-order valence-corrected chi connectivity index (χ3v) is 6.16. The van der Waals surface area contributed by atoms with E-state index in [1.807, 2.05) is 47.1 Å². The molecule has 1 aliphatic rings. The number of nitrogens with zero attached hydrogens (tertiary/aromatic N) is 4. The van der Waals surface area contributed by atoms with Crippen molar-refractivity contribution in [3.8, 4) is 28.4 Å². The van der Waals surface area contributed by atoms with Crippen LogP contribution in [0.15, 0.2) is 85.1 Å². The van der Waals surface area contributed by atoms with E-state index in [2.05, 4.69) is 40.3 Å². The molecule has 0 unspecified atom stereocenters. The van der Waals surface area contributed by atoms with Crippen LogP contribution >= 0.6 is 0 Å². The van der Waals surface area contributed by atoms with Gasteiger partial charge in [-0.2, -0.15) is 5.10 Å². The smallest absolute Gasteiger partial charge is 0.118 e. The molecule has 6 heteroatoms. The first kappa shape index (κ1) is 21.1. The van der Waals surface area contributed by atoms with Crippen molar-refractivity contribution in [2.45, 2.75) is 6.54 Å². The predicted molar refractivity (Wildman–Crippen MR) is 131 cm³/mol. The van der Waals surface area contributed by atoms with Gasteiger partial charge in [0.05, 0.1) is 18.5 Å². The summed E-state index contributed by atoms with van der Waals surface area (Å²) in [4.78, 5) is 4.85. The number of hydrogen-bond donors (Lipinski definition) is 1. The highest BCUT2D eigenvalue weighted by molar-refractivity contribution is 5.64. The molecule has 33 heavy (non-hydrogen) atoms. The van der Waals surface area contributed by atoms with Crippen molar-refractivity contribution in [2.75, 3.05) is 38.2 Å². The van der Waals surface area contributed by atoms with E-state index in [-0.39, 0.29) is 0 Å². The number of anilines is 1. The third-order valence-electron chi connectivity index (χ3n) is 6.16. The van der Waals surface area contributed by atoms with Gasteiger partial charge in [0.2, 0.25) is 0 Å². The lowest BCUT2D eigenvalue weighted by Crippen LogP contribution is -2.45. The molecule has 2 heterocycles. The number of aromatic hydroxyl groups is 1. The van der Waals surface area contributed by atoms with Gasteiger partial charge in [-0.25, -0.2) is 4.68 Å². The zero-order chi connectivity index (χ0) is 22.6. The molecule has 3 aromatic carbocycles. The van der Waals surface area contributed by atoms with Gasteiger partial charge in [0.25, 0.3) is 0 Å². The van der Waals surface area contributed by atoms with Crippen LogP contribution in [0.4, 0.5) is 5.69 Å². The van der Waals surface area contributed by atoms with Gasteiger partial charge in [-0.3, -0.25) is 4.90 Å². The molecule has 1 N–H and O–H groups in total. The van der Waals surface area contributed by atoms with Crippen LogP contribution < -0.4 is 9.64 Å². The number of aromatic nitrogens is 2. The van der Waals surface area contributed by atoms with Crippen LogP contribution in [0.1, 0.15) is 5.56 Å². The Bertz CT molecular complexity index is 1180. The molecule has 0 saturated carbocycles. The maximum Gasteiger partial charge on any atom is 0.118 e. The minimum Gasteiger partial charge on any atom is -0.508 e. The van der Waals surface area contributed by atoms with Gasteiger partial charge in [0.1, 0.15) is 11.5 Å². The molecule has 0 bridgehead atoms. The molecule has 5 rings (SSSR count). The Morgan fingerprint density at radius 2 is 1.52 bits per heavy atom. The average Bonchev–Trinajstić information content (AvgIpc) is 3.29. The molecular weight excluding hydrogens is 412 g/mol. The summed E-state index contributed by atoms with van der Waals surface area (Å²) in [5, 5.41) is 14.5. The van der Waals surface area contributed by atoms with Crippen molar-refractivity contribution in [1.82, 2.24) is 14.7 Å². The summed E-state index contributed by atoms with van der Waals surface area (Å²) in [5.74, 6) is 1.15. The van der Waals surface area contributed by atoms with E-state index < -0.39 is 0 Å². The van der Waals surface area contributed by atoms with Crippen molar-refractivity contribution in [2.24, 2.45) is 0 Å². The van der Waals surface area contributed by atoms with E-state index in [4.69, 9.17) is 9.84 Å². The first-order valence-corrected chi connectivity index (χ1v) is 11.2. The Hall–Kier alpha value is -3.77. The minimum absolute atomic E-state index is 0.305. The standard InChI is InChI=1S/C27H28N4O2/c1-33-26-13-7-21(8-14-26)27-22(20-31(28-27)24-5-3-2-4-6-24)19-29-15-17-30(18-16-29)23-9-11-25(32)12-10-23/h2-14,20,32H,15-19H2,1H3. The Kier molecular flexibility index (Phi) is 6.00. The van der Waals surface area contributed by atoms with Crippen LogP contribution in [0.3, 0.4) is 0 Å². The highest BCUT2D eigenvalue weighted by atomic mass is 16.5. The maximum atomic E-state index is 9.55. The molecule has 0 atom stereocenters. The summed E-state index contributed by atoms with van der Waals surface area (Å²) in [7, 11) is 1.68. The van der Waals surface area contributed by atoms with Crippen LogP contribution in [0.5, 0.6) is 11.5 Å². The van der Waals surface area contributed by atoms with E-state index in [1.54, 1.807) is 19.2 Å². The summed E-state index contributed by atoms with van der Waals surface area (Å²) >= 11 is 0. The van der Waals surface area contributed by atoms with E-state index >= 15 is 0 Å². The van der Waals surface area contributed by atoms with Gasteiger partial charge < -0.3 is 14.7 Å². The Balaban J connectivity index is 1.36. The lowest BCUT2D eigenvalue weighted by molar-refractivity contribution is 0.250. The van der Waals surface area contributed by atoms with Crippen LogP contribution in [0.2, 0.25) is 0 Å². The number of para-hydroxylation sites is 1. The molecular formula is C27H28N4O2. The Labute approximate surface area is 194 Å². The normalized spacial score (nSPS) is 14.4. The molecule has 6 nitrogen and oxygen atoms in total. The summed E-state index contributed by atoms with van der Waals surface area (Å²) in [6.07, 6.45) is 2.15. The number of phenols is 1. The number of methoxy groups -OCH3 is 1. The van der Waals surface area contributed by atoms with Gasteiger partial charge in [-0.15, -0.1) is 0 Å². The molecule has 0 amide bonds. The first-order chi connectivity index (χ1) is 16.2. The van der Waals surface area contributed by atoms with Crippen molar-refractivity contribution in [3.63, 3.8) is 0 Å². The zero-order valence-electron chi connectivity index (χ0n) is 18.8. The number of phenolic OH excluding ortho intramolecular Hbond substituents is 1. The number of hydrogen-bond acceptors (Lipinski definition) is 5. The molecule has 0 spiro atoms. The molecule has 1 fully saturated rings. The van der Waals surface area contributed by atoms with Crippen molar-refractivity contribution >= 4 is 5.69 Å². The molecule has 1 aromatic heterocycles. The minimum atomic E-state index is 0.305. The summed E-state index contributed by atoms with van der Waals surface area (Å²) < 4.78 is 7.31. The van der Waals surface area contributed by atoms with E-state index in [0.717, 1.165) is 61.1 Å². The highest BCUT2D eigenvalue weighted by Gasteiger charge is 2.20. The molecule has 1 saturated heterocycles. The number of benzene rings is 3. The quantitative estimate of drug-likeness (QED) is 0.476. The van der Waals surface area contributed by atoms with Gasteiger partial charge in [-0.1, -0.05) is 18.2 Å². The Morgan fingerprint density at radius 3 is 2.18 bits per heavy atom. The SMILES string of the molecule is COc1ccc(-c2nn(-c3ccccc3)cc2CN2CCN(c3ccc(O)cc3)CC2)cc1. The van der Waals surface area contributed by atoms with Crippen LogP contribution in [0, 0.1) is 0 Å². The highest BCUT2D eigenvalue weighted by Crippen LogP contribution is 2.28. The van der Waals surface area contributed by atoms with Crippen LogP contribution in [-0.2, 0) is 6.54 Å². The number of piperazine rings is 1. The number of rotatable bonds is 6. The van der Waals surface area contributed by atoms with Crippen LogP contribution in [0.25, 0.3) is 16.9 Å². The summed E-state index contributed by atoms with van der Waals surface area (Å²) in [5.41, 5.74) is 5.51. The Morgan fingerprint density at radius 1 is 0.818 bits per heavy atom. The maximum absolute atomic E-state index is 9.55. The molecule has 168 valence electrons. The fraction of sp³-hybridized carbons (Fsp3) is 0.222. The van der Waals surface area contributed by atoms with Gasteiger partial charge >= 0.3 is 0 Å². The fourth-order valence-electron chi connectivity index (χ4n) is 4.30. The summed E-state index contributed by atoms with van der Waals surface area (Å²) in [6, 6.07) is 25.8. The third kappa shape index (κ3) is 4.71. The second-order valence-corrected chi connectivity index (χ2v) is 8.29. The molecule has 4 aromatic rings. The van der Waals surface area contributed by atoms with Gasteiger partial charge in [-0.05, 0) is 60.7 Å². The van der Waals surface area contributed by atoms with E-state index in [0.29, 0.717) is 5.75 Å².